The van der Waals surface area contributed by atoms with Crippen LogP contribution >= 0.6 is 0 Å². The van der Waals surface area contributed by atoms with E-state index in [1.807, 2.05) is 13.0 Å². The van der Waals surface area contributed by atoms with Crippen molar-refractivity contribution < 1.29 is 9.59 Å². The Morgan fingerprint density at radius 1 is 1.26 bits per heavy atom. The first-order valence-corrected chi connectivity index (χ1v) is 6.06. The maximum absolute atomic E-state index is 11.2. The molecule has 1 rings (SSSR count). The minimum Gasteiger partial charge on any atom is -0.383 e. The summed E-state index contributed by atoms with van der Waals surface area (Å²) in [6.45, 7) is 5.67. The molecule has 19 heavy (non-hydrogen) atoms. The van der Waals surface area contributed by atoms with Gasteiger partial charge >= 0.3 is 0 Å². The molecule has 1 unspecified atom stereocenters. The topological polar surface area (TPSA) is 98.2 Å². The number of nitrogens with two attached hydrogens (primary N) is 2. The molecule has 0 heterocycles. The Labute approximate surface area is 112 Å². The van der Waals surface area contributed by atoms with Crippen LogP contribution in [-0.4, -0.2) is 17.9 Å². The molecule has 0 aliphatic heterocycles. The van der Waals surface area contributed by atoms with Gasteiger partial charge in [-0.2, -0.15) is 0 Å². The van der Waals surface area contributed by atoms with Gasteiger partial charge in [0, 0.05) is 22.9 Å². The SMILES string of the molecule is C=CCCC(C)Nc1cc(C(N)=O)cc(C(N)=O)c1. The molecule has 0 radical (unpaired) electrons. The van der Waals surface area contributed by atoms with E-state index in [0.717, 1.165) is 12.8 Å². The Bertz CT molecular complexity index is 465. The summed E-state index contributed by atoms with van der Waals surface area (Å²) in [5, 5.41) is 3.20. The first-order chi connectivity index (χ1) is 8.93. The van der Waals surface area contributed by atoms with Crippen LogP contribution in [0.4, 0.5) is 5.69 Å². The van der Waals surface area contributed by atoms with Crippen molar-refractivity contribution in [1.82, 2.24) is 0 Å². The first kappa shape index (κ1) is 14.8. The zero-order chi connectivity index (χ0) is 14.4. The maximum atomic E-state index is 11.2. The fourth-order valence-electron chi connectivity index (χ4n) is 1.72. The lowest BCUT2D eigenvalue weighted by Gasteiger charge is -2.15. The molecule has 0 spiro atoms. The van der Waals surface area contributed by atoms with Gasteiger partial charge in [0.1, 0.15) is 0 Å². The minimum absolute atomic E-state index is 0.182. The molecule has 0 fully saturated rings. The van der Waals surface area contributed by atoms with Crippen LogP contribution in [0.1, 0.15) is 40.5 Å². The molecule has 5 heteroatoms. The molecule has 1 aromatic rings. The highest BCUT2D eigenvalue weighted by Gasteiger charge is 2.10. The van der Waals surface area contributed by atoms with Gasteiger partial charge in [0.15, 0.2) is 0 Å². The normalized spacial score (nSPS) is 11.6. The lowest BCUT2D eigenvalue weighted by atomic mass is 10.1. The molecule has 5 nitrogen and oxygen atoms in total. The molecule has 0 aromatic heterocycles. The fourth-order valence-corrected chi connectivity index (χ4v) is 1.72. The summed E-state index contributed by atoms with van der Waals surface area (Å²) in [5.41, 5.74) is 11.6. The van der Waals surface area contributed by atoms with Crippen LogP contribution in [0.15, 0.2) is 30.9 Å². The third-order valence-corrected chi connectivity index (χ3v) is 2.72. The standard InChI is InChI=1S/C14H19N3O2/c1-3-4-5-9(2)17-12-7-10(13(15)18)6-11(8-12)14(16)19/h3,6-9,17H,1,4-5H2,2H3,(H2,15,18)(H2,16,19). The Morgan fingerprint density at radius 2 is 1.79 bits per heavy atom. The van der Waals surface area contributed by atoms with Gasteiger partial charge in [-0.15, -0.1) is 6.58 Å². The van der Waals surface area contributed by atoms with Crippen molar-refractivity contribution in [2.45, 2.75) is 25.8 Å². The van der Waals surface area contributed by atoms with Crippen molar-refractivity contribution in [1.29, 1.82) is 0 Å². The summed E-state index contributed by atoms with van der Waals surface area (Å²) in [6.07, 6.45) is 3.62. The van der Waals surface area contributed by atoms with E-state index in [4.69, 9.17) is 11.5 Å². The third-order valence-electron chi connectivity index (χ3n) is 2.72. The molecular formula is C14H19N3O2. The van der Waals surface area contributed by atoms with Crippen molar-refractivity contribution in [2.75, 3.05) is 5.32 Å². The van der Waals surface area contributed by atoms with Crippen LogP contribution in [0.5, 0.6) is 0 Å². The average Bonchev–Trinajstić information content (AvgIpc) is 2.35. The highest BCUT2D eigenvalue weighted by atomic mass is 16.1. The Hall–Kier alpha value is -2.30. The molecule has 0 aliphatic carbocycles. The zero-order valence-corrected chi connectivity index (χ0v) is 11.0. The van der Waals surface area contributed by atoms with Crippen LogP contribution in [0.2, 0.25) is 0 Å². The molecule has 1 atom stereocenters. The molecular weight excluding hydrogens is 242 g/mol. The van der Waals surface area contributed by atoms with E-state index in [0.29, 0.717) is 5.69 Å². The summed E-state index contributed by atoms with van der Waals surface area (Å²) >= 11 is 0. The molecule has 0 bridgehead atoms. The monoisotopic (exact) mass is 261 g/mol. The number of carbonyl (C=O) groups is 2. The second kappa shape index (κ2) is 6.58. The van der Waals surface area contributed by atoms with Gasteiger partial charge in [0.25, 0.3) is 0 Å². The lowest BCUT2D eigenvalue weighted by Crippen LogP contribution is -2.19. The lowest BCUT2D eigenvalue weighted by molar-refractivity contribution is 0.0999. The molecule has 1 aromatic carbocycles. The number of amides is 2. The number of rotatable bonds is 7. The number of allylic oxidation sites excluding steroid dienone is 1. The van der Waals surface area contributed by atoms with Gasteiger partial charge in [-0.1, -0.05) is 6.08 Å². The van der Waals surface area contributed by atoms with Crippen molar-refractivity contribution in [3.05, 3.63) is 42.0 Å². The van der Waals surface area contributed by atoms with E-state index in [1.165, 1.54) is 6.07 Å². The van der Waals surface area contributed by atoms with E-state index in [2.05, 4.69) is 11.9 Å². The van der Waals surface area contributed by atoms with E-state index in [1.54, 1.807) is 12.1 Å². The predicted octanol–water partition coefficient (Wildman–Crippen LogP) is 1.65. The predicted molar refractivity (Wildman–Crippen MR) is 76.0 cm³/mol. The molecule has 0 aliphatic rings. The van der Waals surface area contributed by atoms with Crippen molar-refractivity contribution >= 4 is 17.5 Å². The Kier molecular flexibility index (Phi) is 5.11. The van der Waals surface area contributed by atoms with Gasteiger partial charge in [0.05, 0.1) is 0 Å². The van der Waals surface area contributed by atoms with Crippen molar-refractivity contribution in [3.63, 3.8) is 0 Å². The van der Waals surface area contributed by atoms with E-state index >= 15 is 0 Å². The highest BCUT2D eigenvalue weighted by Crippen LogP contribution is 2.17. The van der Waals surface area contributed by atoms with E-state index in [-0.39, 0.29) is 17.2 Å². The molecule has 0 saturated heterocycles. The zero-order valence-electron chi connectivity index (χ0n) is 11.0. The second-order valence-electron chi connectivity index (χ2n) is 4.44. The minimum atomic E-state index is -0.593. The summed E-state index contributed by atoms with van der Waals surface area (Å²) in [4.78, 5) is 22.4. The number of hydrogen-bond donors (Lipinski definition) is 3. The summed E-state index contributed by atoms with van der Waals surface area (Å²) in [7, 11) is 0. The number of anilines is 1. The second-order valence-corrected chi connectivity index (χ2v) is 4.44. The quantitative estimate of drug-likeness (QED) is 0.651. The van der Waals surface area contributed by atoms with Crippen LogP contribution in [-0.2, 0) is 0 Å². The van der Waals surface area contributed by atoms with Crippen LogP contribution in [0.3, 0.4) is 0 Å². The molecule has 102 valence electrons. The highest BCUT2D eigenvalue weighted by molar-refractivity contribution is 5.99. The first-order valence-electron chi connectivity index (χ1n) is 6.06. The number of benzene rings is 1. The fraction of sp³-hybridized carbons (Fsp3) is 0.286. The van der Waals surface area contributed by atoms with Gasteiger partial charge in [-0.3, -0.25) is 9.59 Å². The van der Waals surface area contributed by atoms with Gasteiger partial charge in [0.2, 0.25) is 11.8 Å². The average molecular weight is 261 g/mol. The van der Waals surface area contributed by atoms with Gasteiger partial charge < -0.3 is 16.8 Å². The Morgan fingerprint density at radius 3 is 2.21 bits per heavy atom. The third kappa shape index (κ3) is 4.46. The maximum Gasteiger partial charge on any atom is 0.248 e. The molecule has 2 amide bonds. The summed E-state index contributed by atoms with van der Waals surface area (Å²) in [5.74, 6) is -1.19. The van der Waals surface area contributed by atoms with Gasteiger partial charge in [-0.05, 0) is 38.0 Å². The van der Waals surface area contributed by atoms with E-state index in [9.17, 15) is 9.59 Å². The van der Waals surface area contributed by atoms with Crippen LogP contribution in [0.25, 0.3) is 0 Å². The number of primary amides is 2. The molecule has 5 N–H and O–H groups in total. The number of carbonyl (C=O) groups excluding carboxylic acids is 2. The largest absolute Gasteiger partial charge is 0.383 e. The van der Waals surface area contributed by atoms with Crippen molar-refractivity contribution in [3.8, 4) is 0 Å². The summed E-state index contributed by atoms with van der Waals surface area (Å²) < 4.78 is 0. The van der Waals surface area contributed by atoms with E-state index < -0.39 is 11.8 Å². The number of hydrogen-bond acceptors (Lipinski definition) is 3. The van der Waals surface area contributed by atoms with Crippen molar-refractivity contribution in [2.24, 2.45) is 11.5 Å². The van der Waals surface area contributed by atoms with Gasteiger partial charge in [-0.25, -0.2) is 0 Å². The van der Waals surface area contributed by atoms with Crippen LogP contribution in [0, 0.1) is 0 Å². The summed E-state index contributed by atoms with van der Waals surface area (Å²) in [6, 6.07) is 4.80. The Balaban J connectivity index is 2.96. The van der Waals surface area contributed by atoms with Crippen LogP contribution < -0.4 is 16.8 Å². The molecule has 0 saturated carbocycles. The number of nitrogens with one attached hydrogen (secondary N) is 1. The smallest absolute Gasteiger partial charge is 0.248 e.